The van der Waals surface area contributed by atoms with Crippen molar-refractivity contribution >= 4 is 27.5 Å². The summed E-state index contributed by atoms with van der Waals surface area (Å²) in [6.07, 6.45) is 1.50. The molecular weight excluding hydrogens is 379 g/mol. The zero-order chi connectivity index (χ0) is 18.9. The molecule has 1 aliphatic carbocycles. The van der Waals surface area contributed by atoms with Crippen LogP contribution in [0.4, 0.5) is 4.39 Å². The van der Waals surface area contributed by atoms with Crippen molar-refractivity contribution in [2.75, 3.05) is 0 Å². The minimum Gasteiger partial charge on any atom is -0.348 e. The molecule has 26 heavy (non-hydrogen) atoms. The van der Waals surface area contributed by atoms with Gasteiger partial charge in [-0.3, -0.25) is 4.79 Å². The normalized spacial score (nSPS) is 17.6. The monoisotopic (exact) mass is 396 g/mol. The molecule has 0 bridgehead atoms. The highest BCUT2D eigenvalue weighted by Gasteiger charge is 2.28. The molecule has 1 amide bonds. The van der Waals surface area contributed by atoms with E-state index in [9.17, 15) is 17.6 Å². The number of sulfonamides is 1. The fourth-order valence-electron chi connectivity index (χ4n) is 3.05. The van der Waals surface area contributed by atoms with Gasteiger partial charge in [0.2, 0.25) is 15.9 Å². The molecule has 0 spiro atoms. The van der Waals surface area contributed by atoms with E-state index in [1.807, 2.05) is 12.1 Å². The predicted molar refractivity (Wildman–Crippen MR) is 96.8 cm³/mol. The fourth-order valence-corrected chi connectivity index (χ4v) is 4.52. The van der Waals surface area contributed by atoms with Crippen LogP contribution in [0, 0.1) is 5.82 Å². The molecule has 0 radical (unpaired) electrons. The Labute approximate surface area is 156 Å². The minimum absolute atomic E-state index is 0.199. The Morgan fingerprint density at radius 2 is 2.00 bits per heavy atom. The van der Waals surface area contributed by atoms with Gasteiger partial charge in [0.15, 0.2) is 0 Å². The van der Waals surface area contributed by atoms with Crippen molar-refractivity contribution in [1.82, 2.24) is 10.0 Å². The van der Waals surface area contributed by atoms with Crippen molar-refractivity contribution < 1.29 is 17.6 Å². The first-order chi connectivity index (χ1) is 12.3. The Kier molecular flexibility index (Phi) is 5.32. The number of nitrogens with one attached hydrogen (secondary N) is 2. The summed E-state index contributed by atoms with van der Waals surface area (Å²) in [6, 6.07) is 9.27. The van der Waals surface area contributed by atoms with Crippen LogP contribution in [0.2, 0.25) is 5.02 Å². The topological polar surface area (TPSA) is 75.3 Å². The molecule has 138 valence electrons. The summed E-state index contributed by atoms with van der Waals surface area (Å²) in [6.45, 7) is 1.42. The van der Waals surface area contributed by atoms with E-state index in [1.54, 1.807) is 6.07 Å². The van der Waals surface area contributed by atoms with Crippen molar-refractivity contribution in [3.05, 3.63) is 64.4 Å². The number of hydrogen-bond acceptors (Lipinski definition) is 3. The van der Waals surface area contributed by atoms with Gasteiger partial charge in [-0.25, -0.2) is 12.8 Å². The summed E-state index contributed by atoms with van der Waals surface area (Å²) in [5.41, 5.74) is 2.05. The van der Waals surface area contributed by atoms with Crippen LogP contribution in [0.25, 0.3) is 0 Å². The van der Waals surface area contributed by atoms with E-state index in [1.165, 1.54) is 19.1 Å². The lowest BCUT2D eigenvalue weighted by Crippen LogP contribution is -2.45. The molecule has 2 aromatic carbocycles. The van der Waals surface area contributed by atoms with E-state index in [0.717, 1.165) is 29.7 Å². The van der Waals surface area contributed by atoms with E-state index in [4.69, 9.17) is 11.6 Å². The summed E-state index contributed by atoms with van der Waals surface area (Å²) in [5.74, 6) is -1.34. The quantitative estimate of drug-likeness (QED) is 0.815. The number of hydrogen-bond donors (Lipinski definition) is 2. The molecule has 1 aliphatic rings. The third-order valence-electron chi connectivity index (χ3n) is 4.35. The molecule has 5 nitrogen and oxygen atoms in total. The van der Waals surface area contributed by atoms with Crippen molar-refractivity contribution in [2.24, 2.45) is 0 Å². The highest BCUT2D eigenvalue weighted by molar-refractivity contribution is 7.89. The van der Waals surface area contributed by atoms with E-state index in [0.29, 0.717) is 11.4 Å². The highest BCUT2D eigenvalue weighted by Crippen LogP contribution is 2.32. The third-order valence-corrected chi connectivity index (χ3v) is 6.16. The highest BCUT2D eigenvalue weighted by atomic mass is 35.5. The van der Waals surface area contributed by atoms with E-state index in [2.05, 4.69) is 10.0 Å². The molecule has 3 rings (SSSR count). The smallest absolute Gasteiger partial charge is 0.244 e. The summed E-state index contributed by atoms with van der Waals surface area (Å²) in [5, 5.41) is 3.48. The van der Waals surface area contributed by atoms with Crippen LogP contribution in [0.5, 0.6) is 0 Å². The lowest BCUT2D eigenvalue weighted by molar-refractivity contribution is -0.123. The Hall–Kier alpha value is -1.96. The lowest BCUT2D eigenvalue weighted by atomic mass is 10.1. The molecule has 0 aromatic heterocycles. The number of fused-ring (bicyclic) bond motifs is 1. The summed E-state index contributed by atoms with van der Waals surface area (Å²) in [4.78, 5) is 11.9. The average molecular weight is 397 g/mol. The number of rotatable bonds is 5. The Balaban J connectivity index is 1.69. The Morgan fingerprint density at radius 3 is 2.73 bits per heavy atom. The SMILES string of the molecule is C[C@H](NS(=O)(=O)c1ccccc1F)C(=O)NC1CCc2cc(Cl)ccc21. The first-order valence-corrected chi connectivity index (χ1v) is 9.99. The van der Waals surface area contributed by atoms with Gasteiger partial charge in [-0.2, -0.15) is 4.72 Å². The van der Waals surface area contributed by atoms with Gasteiger partial charge in [0, 0.05) is 5.02 Å². The number of carbonyl (C=O) groups is 1. The van der Waals surface area contributed by atoms with Gasteiger partial charge >= 0.3 is 0 Å². The maximum atomic E-state index is 13.7. The largest absolute Gasteiger partial charge is 0.348 e. The predicted octanol–water partition coefficient (Wildman–Crippen LogP) is 2.95. The molecule has 2 aromatic rings. The Morgan fingerprint density at radius 1 is 1.27 bits per heavy atom. The van der Waals surface area contributed by atoms with Crippen LogP contribution in [-0.4, -0.2) is 20.4 Å². The fraction of sp³-hybridized carbons (Fsp3) is 0.278. The maximum Gasteiger partial charge on any atom is 0.244 e. The molecular formula is C18H18ClFN2O3S. The number of aryl methyl sites for hydroxylation is 1. The molecule has 0 saturated heterocycles. The van der Waals surface area contributed by atoms with Gasteiger partial charge in [0.25, 0.3) is 0 Å². The number of benzene rings is 2. The average Bonchev–Trinajstić information content (AvgIpc) is 2.96. The van der Waals surface area contributed by atoms with Gasteiger partial charge in [0.05, 0.1) is 12.1 Å². The van der Waals surface area contributed by atoms with Crippen molar-refractivity contribution in [3.63, 3.8) is 0 Å². The van der Waals surface area contributed by atoms with Crippen LogP contribution < -0.4 is 10.0 Å². The Bertz CT molecular complexity index is 949. The summed E-state index contributed by atoms with van der Waals surface area (Å²) in [7, 11) is -4.14. The summed E-state index contributed by atoms with van der Waals surface area (Å²) < 4.78 is 40.5. The number of amides is 1. The van der Waals surface area contributed by atoms with E-state index < -0.39 is 32.7 Å². The second-order valence-electron chi connectivity index (χ2n) is 6.22. The lowest BCUT2D eigenvalue weighted by Gasteiger charge is -2.19. The second-order valence-corrected chi connectivity index (χ2v) is 8.34. The van der Waals surface area contributed by atoms with Crippen molar-refractivity contribution in [1.29, 1.82) is 0 Å². The van der Waals surface area contributed by atoms with Gasteiger partial charge < -0.3 is 5.32 Å². The van der Waals surface area contributed by atoms with Crippen LogP contribution in [0.3, 0.4) is 0 Å². The molecule has 2 N–H and O–H groups in total. The molecule has 0 heterocycles. The van der Waals surface area contributed by atoms with E-state index in [-0.39, 0.29) is 6.04 Å². The first kappa shape index (κ1) is 18.8. The van der Waals surface area contributed by atoms with Gasteiger partial charge in [-0.05, 0) is 55.2 Å². The molecule has 1 unspecified atom stereocenters. The van der Waals surface area contributed by atoms with Crippen LogP contribution >= 0.6 is 11.6 Å². The van der Waals surface area contributed by atoms with Crippen LogP contribution in [0.1, 0.15) is 30.5 Å². The molecule has 8 heteroatoms. The van der Waals surface area contributed by atoms with Gasteiger partial charge in [-0.15, -0.1) is 0 Å². The van der Waals surface area contributed by atoms with Crippen molar-refractivity contribution in [3.8, 4) is 0 Å². The van der Waals surface area contributed by atoms with E-state index >= 15 is 0 Å². The number of carbonyl (C=O) groups excluding carboxylic acids is 1. The molecule has 2 atom stereocenters. The van der Waals surface area contributed by atoms with Crippen molar-refractivity contribution in [2.45, 2.75) is 36.7 Å². The van der Waals surface area contributed by atoms with Gasteiger partial charge in [-0.1, -0.05) is 29.8 Å². The number of halogens is 2. The minimum atomic E-state index is -4.14. The summed E-state index contributed by atoms with van der Waals surface area (Å²) >= 11 is 5.98. The third kappa shape index (κ3) is 3.90. The standard InChI is InChI=1S/C18H18ClFN2O3S/c1-11(22-26(24,25)17-5-3-2-4-15(17)20)18(23)21-16-9-6-12-10-13(19)7-8-14(12)16/h2-5,7-8,10-11,16,22H,6,9H2,1H3,(H,21,23)/t11-,16?/m0/s1. The molecule has 0 aliphatic heterocycles. The first-order valence-electron chi connectivity index (χ1n) is 8.13. The second kappa shape index (κ2) is 7.34. The zero-order valence-corrected chi connectivity index (χ0v) is 15.6. The molecule has 0 fully saturated rings. The maximum absolute atomic E-state index is 13.7. The zero-order valence-electron chi connectivity index (χ0n) is 14.0. The van der Waals surface area contributed by atoms with Crippen LogP contribution in [0.15, 0.2) is 47.4 Å². The molecule has 0 saturated carbocycles. The van der Waals surface area contributed by atoms with Crippen LogP contribution in [-0.2, 0) is 21.2 Å². The van der Waals surface area contributed by atoms with Gasteiger partial charge in [0.1, 0.15) is 10.7 Å².